The number of halogens is 1. The van der Waals surface area contributed by atoms with Gasteiger partial charge in [-0.25, -0.2) is 0 Å². The summed E-state index contributed by atoms with van der Waals surface area (Å²) in [6.45, 7) is 4.93. The van der Waals surface area contributed by atoms with Gasteiger partial charge in [-0.15, -0.1) is 12.4 Å². The number of hydrogen-bond acceptors (Lipinski definition) is 3. The average Bonchev–Trinajstić information content (AvgIpc) is 2.97. The van der Waals surface area contributed by atoms with E-state index in [1.807, 2.05) is 67.2 Å². The molecule has 116 valence electrons. The number of aromatic nitrogens is 1. The molecule has 5 heteroatoms. The Hall–Kier alpha value is -1.49. The van der Waals surface area contributed by atoms with Gasteiger partial charge in [0, 0.05) is 30.7 Å². The van der Waals surface area contributed by atoms with Crippen LogP contribution in [0.4, 0.5) is 0 Å². The fourth-order valence-electron chi connectivity index (χ4n) is 1.84. The third-order valence-corrected chi connectivity index (χ3v) is 2.94. The van der Waals surface area contributed by atoms with Crippen molar-refractivity contribution in [2.75, 3.05) is 13.2 Å². The van der Waals surface area contributed by atoms with Crippen molar-refractivity contribution < 1.29 is 9.84 Å². The van der Waals surface area contributed by atoms with Crippen molar-refractivity contribution in [3.05, 3.63) is 48.8 Å². The lowest BCUT2D eigenvalue weighted by atomic mass is 10.3. The number of hydrogen-bond donors (Lipinski definition) is 2. The van der Waals surface area contributed by atoms with E-state index in [1.165, 1.54) is 0 Å². The van der Waals surface area contributed by atoms with E-state index in [9.17, 15) is 5.11 Å². The van der Waals surface area contributed by atoms with Crippen LogP contribution in [-0.4, -0.2) is 35.0 Å². The minimum Gasteiger partial charge on any atom is -0.491 e. The topological polar surface area (TPSA) is 46.4 Å². The van der Waals surface area contributed by atoms with Gasteiger partial charge < -0.3 is 19.7 Å². The van der Waals surface area contributed by atoms with Crippen LogP contribution in [-0.2, 0) is 0 Å². The fraction of sp³-hybridized carbons (Fsp3) is 0.375. The van der Waals surface area contributed by atoms with Crippen LogP contribution < -0.4 is 10.1 Å². The first kappa shape index (κ1) is 17.6. The molecule has 1 unspecified atom stereocenters. The second-order valence-electron chi connectivity index (χ2n) is 5.11. The van der Waals surface area contributed by atoms with Crippen LogP contribution >= 0.6 is 12.4 Å². The first-order valence-electron chi connectivity index (χ1n) is 6.93. The second-order valence-corrected chi connectivity index (χ2v) is 5.11. The van der Waals surface area contributed by atoms with Crippen LogP contribution in [0.5, 0.6) is 5.75 Å². The van der Waals surface area contributed by atoms with Gasteiger partial charge in [0.15, 0.2) is 0 Å². The maximum Gasteiger partial charge on any atom is 0.119 e. The van der Waals surface area contributed by atoms with Crippen LogP contribution in [0.15, 0.2) is 48.8 Å². The summed E-state index contributed by atoms with van der Waals surface area (Å²) in [6.07, 6.45) is 3.50. The van der Waals surface area contributed by atoms with Gasteiger partial charge in [-0.2, -0.15) is 0 Å². The standard InChI is InChI=1S/C16H22N2O2.ClH/c1-13(2)17-11-15(19)12-20-16-7-5-14(6-8-16)18-9-3-4-10-18;/h3-10,13,15,17,19H,11-12H2,1-2H3;1H. The molecule has 0 aliphatic heterocycles. The second kappa shape index (κ2) is 8.72. The largest absolute Gasteiger partial charge is 0.491 e. The lowest BCUT2D eigenvalue weighted by molar-refractivity contribution is 0.104. The highest BCUT2D eigenvalue weighted by molar-refractivity contribution is 5.85. The third-order valence-electron chi connectivity index (χ3n) is 2.94. The van der Waals surface area contributed by atoms with Gasteiger partial charge in [0.05, 0.1) is 0 Å². The molecule has 0 aliphatic carbocycles. The molecule has 4 nitrogen and oxygen atoms in total. The number of aliphatic hydroxyl groups excluding tert-OH is 1. The van der Waals surface area contributed by atoms with Crippen molar-refractivity contribution in [2.45, 2.75) is 26.0 Å². The molecule has 0 aliphatic rings. The van der Waals surface area contributed by atoms with Gasteiger partial charge >= 0.3 is 0 Å². The maximum atomic E-state index is 9.77. The third kappa shape index (κ3) is 5.79. The molecule has 1 aromatic heterocycles. The first-order chi connectivity index (χ1) is 9.65. The smallest absolute Gasteiger partial charge is 0.119 e. The normalized spacial score (nSPS) is 12.0. The summed E-state index contributed by atoms with van der Waals surface area (Å²) >= 11 is 0. The number of ether oxygens (including phenoxy) is 1. The Kier molecular flexibility index (Phi) is 7.29. The van der Waals surface area contributed by atoms with E-state index in [2.05, 4.69) is 5.32 Å². The minimum atomic E-state index is -0.499. The Morgan fingerprint density at radius 1 is 1.14 bits per heavy atom. The molecule has 1 heterocycles. The number of aliphatic hydroxyl groups is 1. The highest BCUT2D eigenvalue weighted by Crippen LogP contribution is 2.15. The Morgan fingerprint density at radius 3 is 2.33 bits per heavy atom. The molecule has 0 fully saturated rings. The summed E-state index contributed by atoms with van der Waals surface area (Å²) < 4.78 is 7.61. The van der Waals surface area contributed by atoms with E-state index < -0.39 is 6.10 Å². The molecule has 2 aromatic rings. The van der Waals surface area contributed by atoms with E-state index in [0.29, 0.717) is 19.2 Å². The van der Waals surface area contributed by atoms with Crippen molar-refractivity contribution in [2.24, 2.45) is 0 Å². The lowest BCUT2D eigenvalue weighted by Gasteiger charge is -2.15. The quantitative estimate of drug-likeness (QED) is 0.826. The lowest BCUT2D eigenvalue weighted by Crippen LogP contribution is -2.35. The van der Waals surface area contributed by atoms with Gasteiger partial charge in [-0.3, -0.25) is 0 Å². The monoisotopic (exact) mass is 310 g/mol. The first-order valence-corrected chi connectivity index (χ1v) is 6.93. The summed E-state index contributed by atoms with van der Waals surface area (Å²) in [6, 6.07) is 12.2. The zero-order chi connectivity index (χ0) is 14.4. The van der Waals surface area contributed by atoms with Gasteiger partial charge in [0.25, 0.3) is 0 Å². The molecule has 2 N–H and O–H groups in total. The number of nitrogens with one attached hydrogen (secondary N) is 1. The SMILES string of the molecule is CC(C)NCC(O)COc1ccc(-n2cccc2)cc1.Cl. The van der Waals surface area contributed by atoms with Gasteiger partial charge in [-0.1, -0.05) is 13.8 Å². The molecule has 1 aromatic carbocycles. The van der Waals surface area contributed by atoms with E-state index in [1.54, 1.807) is 0 Å². The van der Waals surface area contributed by atoms with Crippen molar-refractivity contribution >= 4 is 12.4 Å². The summed E-state index contributed by atoms with van der Waals surface area (Å²) in [5.74, 6) is 0.768. The van der Waals surface area contributed by atoms with E-state index >= 15 is 0 Å². The number of benzene rings is 1. The predicted octanol–water partition coefficient (Wildman–Crippen LogP) is 2.64. The number of nitrogens with zero attached hydrogens (tertiary/aromatic N) is 1. The van der Waals surface area contributed by atoms with E-state index in [0.717, 1.165) is 11.4 Å². The molecule has 0 saturated carbocycles. The molecule has 0 radical (unpaired) electrons. The van der Waals surface area contributed by atoms with Gasteiger partial charge in [-0.05, 0) is 36.4 Å². The average molecular weight is 311 g/mol. The van der Waals surface area contributed by atoms with Crippen LogP contribution in [0.2, 0.25) is 0 Å². The molecule has 0 bridgehead atoms. The molecule has 2 rings (SSSR count). The Labute approximate surface area is 132 Å². The highest BCUT2D eigenvalue weighted by Gasteiger charge is 2.06. The van der Waals surface area contributed by atoms with Crippen LogP contribution in [0.25, 0.3) is 5.69 Å². The number of rotatable bonds is 7. The van der Waals surface area contributed by atoms with Gasteiger partial charge in [0.1, 0.15) is 18.5 Å². The summed E-state index contributed by atoms with van der Waals surface area (Å²) in [5, 5.41) is 12.9. The fourth-order valence-corrected chi connectivity index (χ4v) is 1.84. The molecule has 0 spiro atoms. The van der Waals surface area contributed by atoms with E-state index in [-0.39, 0.29) is 12.4 Å². The summed E-state index contributed by atoms with van der Waals surface area (Å²) in [7, 11) is 0. The molecule has 1 atom stereocenters. The highest BCUT2D eigenvalue weighted by atomic mass is 35.5. The Balaban J connectivity index is 0.00000220. The molecule has 21 heavy (non-hydrogen) atoms. The van der Waals surface area contributed by atoms with Gasteiger partial charge in [0.2, 0.25) is 0 Å². The van der Waals surface area contributed by atoms with Crippen LogP contribution in [0, 0.1) is 0 Å². The maximum absolute atomic E-state index is 9.77. The van der Waals surface area contributed by atoms with Crippen molar-refractivity contribution in [1.29, 1.82) is 0 Å². The molecule has 0 amide bonds. The van der Waals surface area contributed by atoms with Crippen molar-refractivity contribution in [1.82, 2.24) is 9.88 Å². The zero-order valence-corrected chi connectivity index (χ0v) is 13.2. The van der Waals surface area contributed by atoms with Crippen molar-refractivity contribution in [3.63, 3.8) is 0 Å². The Bertz CT molecular complexity index is 498. The predicted molar refractivity (Wildman–Crippen MR) is 87.7 cm³/mol. The Morgan fingerprint density at radius 2 is 1.76 bits per heavy atom. The van der Waals surface area contributed by atoms with E-state index in [4.69, 9.17) is 4.74 Å². The summed E-state index contributed by atoms with van der Waals surface area (Å²) in [5.41, 5.74) is 1.09. The zero-order valence-electron chi connectivity index (χ0n) is 12.4. The molecule has 0 saturated heterocycles. The summed E-state index contributed by atoms with van der Waals surface area (Å²) in [4.78, 5) is 0. The minimum absolute atomic E-state index is 0. The molecular weight excluding hydrogens is 288 g/mol. The molecular formula is C16H23ClN2O2. The van der Waals surface area contributed by atoms with Crippen LogP contribution in [0.3, 0.4) is 0 Å². The van der Waals surface area contributed by atoms with Crippen molar-refractivity contribution in [3.8, 4) is 11.4 Å². The van der Waals surface area contributed by atoms with Crippen LogP contribution in [0.1, 0.15) is 13.8 Å².